The van der Waals surface area contributed by atoms with Crippen molar-refractivity contribution < 1.29 is 0 Å². The summed E-state index contributed by atoms with van der Waals surface area (Å²) in [6.07, 6.45) is 3.47. The van der Waals surface area contributed by atoms with Crippen LogP contribution in [0.15, 0.2) is 24.5 Å². The summed E-state index contributed by atoms with van der Waals surface area (Å²) in [6, 6.07) is 3.80. The molecule has 0 amide bonds. The number of aromatic nitrogens is 5. The number of rotatable bonds is 3. The molecule has 0 fully saturated rings. The third-order valence-corrected chi connectivity index (χ3v) is 1.66. The molecule has 6 heteroatoms. The quantitative estimate of drug-likeness (QED) is 0.749. The van der Waals surface area contributed by atoms with Crippen molar-refractivity contribution in [1.29, 1.82) is 0 Å². The lowest BCUT2D eigenvalue weighted by molar-refractivity contribution is 0.628. The van der Waals surface area contributed by atoms with Gasteiger partial charge in [0.25, 0.3) is 0 Å². The zero-order valence-electron chi connectivity index (χ0n) is 7.75. The molecule has 1 N–H and O–H groups in total. The van der Waals surface area contributed by atoms with E-state index < -0.39 is 0 Å². The molecule has 0 saturated heterocycles. The van der Waals surface area contributed by atoms with Crippen LogP contribution >= 0.6 is 0 Å². The number of nitrogens with one attached hydrogen (secondary N) is 1. The minimum absolute atomic E-state index is 0.555. The van der Waals surface area contributed by atoms with Crippen molar-refractivity contribution in [2.45, 2.75) is 6.54 Å². The summed E-state index contributed by atoms with van der Waals surface area (Å²) in [7, 11) is 1.74. The molecule has 6 nitrogen and oxygen atoms in total. The Hall–Kier alpha value is -1.98. The monoisotopic (exact) mass is 190 g/mol. The summed E-state index contributed by atoms with van der Waals surface area (Å²) >= 11 is 0. The minimum atomic E-state index is 0.555. The van der Waals surface area contributed by atoms with Crippen molar-refractivity contribution in [1.82, 2.24) is 25.2 Å². The molecule has 0 spiro atoms. The fourth-order valence-electron chi connectivity index (χ4n) is 1.04. The van der Waals surface area contributed by atoms with E-state index in [4.69, 9.17) is 0 Å². The van der Waals surface area contributed by atoms with Crippen molar-refractivity contribution in [3.05, 3.63) is 30.4 Å². The molecule has 2 heterocycles. The van der Waals surface area contributed by atoms with E-state index >= 15 is 0 Å². The molecule has 0 bridgehead atoms. The fourth-order valence-corrected chi connectivity index (χ4v) is 1.04. The molecule has 0 saturated carbocycles. The van der Waals surface area contributed by atoms with Crippen LogP contribution in [0.5, 0.6) is 0 Å². The maximum absolute atomic E-state index is 4.04. The average molecular weight is 190 g/mol. The van der Waals surface area contributed by atoms with Gasteiger partial charge in [0, 0.05) is 12.4 Å². The summed E-state index contributed by atoms with van der Waals surface area (Å²) < 4.78 is 0. The number of hydrogen-bond acceptors (Lipinski definition) is 5. The van der Waals surface area contributed by atoms with Crippen LogP contribution in [-0.4, -0.2) is 25.2 Å². The lowest BCUT2D eigenvalue weighted by atomic mass is 10.4. The second-order valence-electron chi connectivity index (χ2n) is 2.79. The van der Waals surface area contributed by atoms with Gasteiger partial charge in [-0.1, -0.05) is 0 Å². The van der Waals surface area contributed by atoms with Gasteiger partial charge in [-0.2, -0.15) is 4.80 Å². The van der Waals surface area contributed by atoms with Crippen molar-refractivity contribution in [3.63, 3.8) is 0 Å². The van der Waals surface area contributed by atoms with E-state index in [1.165, 1.54) is 4.80 Å². The fraction of sp³-hybridized carbons (Fsp3) is 0.250. The maximum atomic E-state index is 4.04. The lowest BCUT2D eigenvalue weighted by Gasteiger charge is -2.00. The van der Waals surface area contributed by atoms with E-state index in [1.807, 2.05) is 12.1 Å². The normalized spacial score (nSPS) is 10.1. The molecule has 0 unspecified atom stereocenters. The number of hydrogen-bond donors (Lipinski definition) is 1. The number of aryl methyl sites for hydroxylation is 1. The van der Waals surface area contributed by atoms with Gasteiger partial charge >= 0.3 is 0 Å². The van der Waals surface area contributed by atoms with Crippen LogP contribution in [0.25, 0.3) is 0 Å². The lowest BCUT2D eigenvalue weighted by Crippen LogP contribution is -2.02. The number of anilines is 1. The predicted molar refractivity (Wildman–Crippen MR) is 50.4 cm³/mol. The van der Waals surface area contributed by atoms with E-state index in [9.17, 15) is 0 Å². The average Bonchev–Trinajstić information content (AvgIpc) is 2.63. The first-order chi connectivity index (χ1) is 6.84. The molecule has 72 valence electrons. The van der Waals surface area contributed by atoms with Crippen LogP contribution in [0, 0.1) is 0 Å². The molecule has 0 aliphatic rings. The van der Waals surface area contributed by atoms with E-state index in [2.05, 4.69) is 25.7 Å². The second kappa shape index (κ2) is 3.82. The van der Waals surface area contributed by atoms with Crippen LogP contribution < -0.4 is 5.32 Å². The standard InChI is InChI=1S/C8H10N6/c1-14-12-8(11-13-14)6-10-7-3-2-4-9-5-7/h2-5,10H,6H2,1H3. The van der Waals surface area contributed by atoms with Gasteiger partial charge in [0.05, 0.1) is 19.3 Å². The van der Waals surface area contributed by atoms with Crippen LogP contribution in [0.4, 0.5) is 5.69 Å². The van der Waals surface area contributed by atoms with Crippen molar-refractivity contribution in [2.75, 3.05) is 5.32 Å². The zero-order chi connectivity index (χ0) is 9.80. The Morgan fingerprint density at radius 3 is 3.07 bits per heavy atom. The molecule has 2 rings (SSSR count). The molecule has 0 aliphatic heterocycles. The van der Waals surface area contributed by atoms with E-state index in [0.717, 1.165) is 5.69 Å². The summed E-state index contributed by atoms with van der Waals surface area (Å²) in [4.78, 5) is 5.41. The SMILES string of the molecule is Cn1nnc(CNc2cccnc2)n1. The highest BCUT2D eigenvalue weighted by Gasteiger charge is 1.98. The van der Waals surface area contributed by atoms with Crippen LogP contribution in [0.1, 0.15) is 5.82 Å². The Morgan fingerprint density at radius 1 is 1.50 bits per heavy atom. The highest BCUT2D eigenvalue weighted by atomic mass is 15.6. The van der Waals surface area contributed by atoms with Crippen molar-refractivity contribution in [3.8, 4) is 0 Å². The molecule has 0 atom stereocenters. The second-order valence-corrected chi connectivity index (χ2v) is 2.79. The van der Waals surface area contributed by atoms with Gasteiger partial charge in [0.1, 0.15) is 0 Å². The van der Waals surface area contributed by atoms with E-state index in [-0.39, 0.29) is 0 Å². The minimum Gasteiger partial charge on any atom is -0.376 e. The molecule has 0 aromatic carbocycles. The smallest absolute Gasteiger partial charge is 0.193 e. The van der Waals surface area contributed by atoms with Gasteiger partial charge in [-0.3, -0.25) is 4.98 Å². The molecule has 2 aromatic rings. The molecule has 0 radical (unpaired) electrons. The van der Waals surface area contributed by atoms with Crippen LogP contribution in [-0.2, 0) is 13.6 Å². The third kappa shape index (κ3) is 2.03. The maximum Gasteiger partial charge on any atom is 0.193 e. The summed E-state index contributed by atoms with van der Waals surface area (Å²) in [5, 5.41) is 14.7. The predicted octanol–water partition coefficient (Wildman–Crippen LogP) is 0.217. The van der Waals surface area contributed by atoms with Crippen LogP contribution in [0.3, 0.4) is 0 Å². The topological polar surface area (TPSA) is 68.5 Å². The van der Waals surface area contributed by atoms with Crippen molar-refractivity contribution >= 4 is 5.69 Å². The van der Waals surface area contributed by atoms with Gasteiger partial charge in [0.2, 0.25) is 0 Å². The van der Waals surface area contributed by atoms with E-state index in [0.29, 0.717) is 12.4 Å². The number of tetrazole rings is 1. The highest BCUT2D eigenvalue weighted by Crippen LogP contribution is 2.03. The first-order valence-electron chi connectivity index (χ1n) is 4.21. The summed E-state index contributed by atoms with van der Waals surface area (Å²) in [5.41, 5.74) is 0.944. The Bertz CT molecular complexity index is 395. The van der Waals surface area contributed by atoms with E-state index in [1.54, 1.807) is 19.4 Å². The van der Waals surface area contributed by atoms with Gasteiger partial charge < -0.3 is 5.32 Å². The number of pyridine rings is 1. The Kier molecular flexibility index (Phi) is 2.35. The first-order valence-corrected chi connectivity index (χ1v) is 4.21. The largest absolute Gasteiger partial charge is 0.376 e. The van der Waals surface area contributed by atoms with Crippen LogP contribution in [0.2, 0.25) is 0 Å². The van der Waals surface area contributed by atoms with Gasteiger partial charge in [0.15, 0.2) is 5.82 Å². The highest BCUT2D eigenvalue weighted by molar-refractivity contribution is 5.39. The summed E-state index contributed by atoms with van der Waals surface area (Å²) in [6.45, 7) is 0.555. The third-order valence-electron chi connectivity index (χ3n) is 1.66. The Morgan fingerprint density at radius 2 is 2.43 bits per heavy atom. The molecular formula is C8H10N6. The van der Waals surface area contributed by atoms with Gasteiger partial charge in [-0.05, 0) is 17.3 Å². The summed E-state index contributed by atoms with van der Waals surface area (Å²) in [5.74, 6) is 0.663. The number of nitrogens with zero attached hydrogens (tertiary/aromatic N) is 5. The molecular weight excluding hydrogens is 180 g/mol. The molecule has 14 heavy (non-hydrogen) atoms. The molecule has 0 aliphatic carbocycles. The zero-order valence-corrected chi connectivity index (χ0v) is 7.75. The Labute approximate surface area is 81.0 Å². The van der Waals surface area contributed by atoms with Gasteiger partial charge in [-0.25, -0.2) is 0 Å². The first kappa shape index (κ1) is 8.61. The molecule has 2 aromatic heterocycles. The van der Waals surface area contributed by atoms with Crippen molar-refractivity contribution in [2.24, 2.45) is 7.05 Å². The van der Waals surface area contributed by atoms with Gasteiger partial charge in [-0.15, -0.1) is 10.2 Å². The Balaban J connectivity index is 1.95.